The van der Waals surface area contributed by atoms with E-state index < -0.39 is 28.9 Å². The molecule has 3 atom stereocenters. The fourth-order valence-electron chi connectivity index (χ4n) is 4.04. The summed E-state index contributed by atoms with van der Waals surface area (Å²) in [5.74, 6) is 0.352. The highest BCUT2D eigenvalue weighted by Crippen LogP contribution is 2.54. The fraction of sp³-hybridized carbons (Fsp3) is 0.240. The lowest BCUT2D eigenvalue weighted by Crippen LogP contribution is -2.41. The molecule has 0 unspecified atom stereocenters. The van der Waals surface area contributed by atoms with E-state index in [1.165, 1.54) is 26.4 Å². The number of hydrogen-bond acceptors (Lipinski definition) is 8. The molecule has 3 aromatic carbocycles. The Labute approximate surface area is 195 Å². The number of rotatable bonds is 7. The maximum atomic E-state index is 13.3. The van der Waals surface area contributed by atoms with Crippen LogP contribution >= 0.6 is 0 Å². The second kappa shape index (κ2) is 9.50. The van der Waals surface area contributed by atoms with E-state index in [1.807, 2.05) is 6.07 Å². The van der Waals surface area contributed by atoms with E-state index in [0.717, 1.165) is 0 Å². The molecule has 34 heavy (non-hydrogen) atoms. The molecular formula is C25H23NO8. The van der Waals surface area contributed by atoms with Gasteiger partial charge in [0.25, 0.3) is 5.69 Å². The Morgan fingerprint density at radius 2 is 1.68 bits per heavy atom. The summed E-state index contributed by atoms with van der Waals surface area (Å²) >= 11 is 0. The molecule has 0 aliphatic carbocycles. The first-order chi connectivity index (χ1) is 16.4. The molecule has 1 aliphatic heterocycles. The molecule has 4 rings (SSSR count). The van der Waals surface area contributed by atoms with Gasteiger partial charge in [-0.2, -0.15) is 0 Å². The van der Waals surface area contributed by atoms with Gasteiger partial charge in [0.2, 0.25) is 5.60 Å². The van der Waals surface area contributed by atoms with E-state index in [9.17, 15) is 14.9 Å². The summed E-state index contributed by atoms with van der Waals surface area (Å²) in [4.78, 5) is 24.0. The number of nitrogens with zero attached hydrogens (tertiary/aromatic N) is 1. The van der Waals surface area contributed by atoms with E-state index in [-0.39, 0.29) is 5.69 Å². The zero-order valence-corrected chi connectivity index (χ0v) is 18.8. The largest absolute Gasteiger partial charge is 0.497 e. The molecule has 0 bridgehead atoms. The normalized spacial score (nSPS) is 21.6. The summed E-state index contributed by atoms with van der Waals surface area (Å²) in [6.07, 6.45) is -1.99. The lowest BCUT2D eigenvalue weighted by molar-refractivity contribution is -0.384. The van der Waals surface area contributed by atoms with Crippen molar-refractivity contribution in [2.75, 3.05) is 21.3 Å². The van der Waals surface area contributed by atoms with Crippen LogP contribution in [0.2, 0.25) is 0 Å². The van der Waals surface area contributed by atoms with Gasteiger partial charge in [-0.25, -0.2) is 4.79 Å². The second-order valence-corrected chi connectivity index (χ2v) is 7.52. The van der Waals surface area contributed by atoms with Crippen LogP contribution in [0, 0.1) is 10.1 Å². The number of hydrogen-bond donors (Lipinski definition) is 0. The van der Waals surface area contributed by atoms with Gasteiger partial charge in [-0.15, -0.1) is 0 Å². The average Bonchev–Trinajstić information content (AvgIpc) is 3.30. The minimum Gasteiger partial charge on any atom is -0.497 e. The Morgan fingerprint density at radius 3 is 2.26 bits per heavy atom. The number of methoxy groups -OCH3 is 3. The topological polar surface area (TPSA) is 106 Å². The Kier molecular flexibility index (Phi) is 6.49. The summed E-state index contributed by atoms with van der Waals surface area (Å²) < 4.78 is 28.7. The van der Waals surface area contributed by atoms with E-state index in [4.69, 9.17) is 23.7 Å². The second-order valence-electron chi connectivity index (χ2n) is 7.52. The first-order valence-electron chi connectivity index (χ1n) is 10.4. The number of ether oxygens (including phenoxy) is 5. The summed E-state index contributed by atoms with van der Waals surface area (Å²) in [6, 6.07) is 19.8. The van der Waals surface area contributed by atoms with Crippen molar-refractivity contribution in [1.82, 2.24) is 0 Å². The van der Waals surface area contributed by atoms with E-state index in [2.05, 4.69) is 0 Å². The smallest absolute Gasteiger partial charge is 0.346 e. The molecule has 0 amide bonds. The first kappa shape index (κ1) is 23.2. The van der Waals surface area contributed by atoms with Gasteiger partial charge in [0.05, 0.1) is 31.8 Å². The molecule has 1 fully saturated rings. The highest BCUT2D eigenvalue weighted by molar-refractivity contribution is 5.83. The van der Waals surface area contributed by atoms with Gasteiger partial charge in [0.15, 0.2) is 6.29 Å². The van der Waals surface area contributed by atoms with Gasteiger partial charge in [0, 0.05) is 18.2 Å². The van der Waals surface area contributed by atoms with E-state index >= 15 is 0 Å². The van der Waals surface area contributed by atoms with Crippen LogP contribution in [-0.4, -0.2) is 32.2 Å². The minimum atomic E-state index is -1.68. The van der Waals surface area contributed by atoms with Crippen LogP contribution in [0.15, 0.2) is 72.8 Å². The van der Waals surface area contributed by atoms with Crippen LogP contribution in [0.25, 0.3) is 0 Å². The third kappa shape index (κ3) is 3.95. The Bertz CT molecular complexity index is 1180. The van der Waals surface area contributed by atoms with Crippen LogP contribution in [0.5, 0.6) is 11.5 Å². The molecule has 3 aromatic rings. The van der Waals surface area contributed by atoms with E-state index in [1.54, 1.807) is 61.7 Å². The van der Waals surface area contributed by atoms with Crippen molar-refractivity contribution in [3.05, 3.63) is 99.6 Å². The summed E-state index contributed by atoms with van der Waals surface area (Å²) in [6.45, 7) is 0. The molecular weight excluding hydrogens is 442 g/mol. The Balaban J connectivity index is 1.87. The van der Waals surface area contributed by atoms with Gasteiger partial charge < -0.3 is 23.7 Å². The van der Waals surface area contributed by atoms with Gasteiger partial charge in [0.1, 0.15) is 17.6 Å². The number of benzene rings is 3. The molecule has 0 aromatic heterocycles. The highest BCUT2D eigenvalue weighted by atomic mass is 16.8. The minimum absolute atomic E-state index is 0.0839. The van der Waals surface area contributed by atoms with Crippen LogP contribution in [-0.2, 0) is 24.6 Å². The summed E-state index contributed by atoms with van der Waals surface area (Å²) in [5, 5.41) is 11.1. The zero-order chi connectivity index (χ0) is 24.3. The van der Waals surface area contributed by atoms with Gasteiger partial charge in [-0.05, 0) is 35.4 Å². The average molecular weight is 465 g/mol. The highest BCUT2D eigenvalue weighted by Gasteiger charge is 2.59. The number of carbonyl (C=O) groups excluding carboxylic acids is 1. The number of carbonyl (C=O) groups is 1. The van der Waals surface area contributed by atoms with Crippen molar-refractivity contribution in [2.24, 2.45) is 0 Å². The molecule has 0 spiro atoms. The molecule has 9 heteroatoms. The van der Waals surface area contributed by atoms with Crippen molar-refractivity contribution in [3.8, 4) is 11.5 Å². The third-order valence-corrected chi connectivity index (χ3v) is 5.71. The van der Waals surface area contributed by atoms with Crippen molar-refractivity contribution >= 4 is 11.7 Å². The molecule has 0 radical (unpaired) electrons. The first-order valence-corrected chi connectivity index (χ1v) is 10.4. The van der Waals surface area contributed by atoms with Crippen molar-refractivity contribution in [2.45, 2.75) is 18.0 Å². The number of nitro benzene ring substituents is 1. The predicted molar refractivity (Wildman–Crippen MR) is 120 cm³/mol. The molecule has 1 aliphatic rings. The molecule has 1 saturated heterocycles. The van der Waals surface area contributed by atoms with Gasteiger partial charge in [-0.3, -0.25) is 10.1 Å². The quantitative estimate of drug-likeness (QED) is 0.286. The summed E-state index contributed by atoms with van der Waals surface area (Å²) in [7, 11) is 4.32. The maximum absolute atomic E-state index is 13.3. The Hall–Kier alpha value is -3.95. The van der Waals surface area contributed by atoms with Gasteiger partial charge >= 0.3 is 5.97 Å². The molecule has 0 N–H and O–H groups in total. The monoisotopic (exact) mass is 465 g/mol. The van der Waals surface area contributed by atoms with E-state index in [0.29, 0.717) is 28.2 Å². The molecule has 0 saturated carbocycles. The molecule has 176 valence electrons. The predicted octanol–water partition coefficient (Wildman–Crippen LogP) is 4.47. The number of non-ortho nitro benzene ring substituents is 1. The number of nitro groups is 1. The van der Waals surface area contributed by atoms with Crippen molar-refractivity contribution < 1.29 is 33.4 Å². The van der Waals surface area contributed by atoms with Crippen LogP contribution < -0.4 is 9.47 Å². The lowest BCUT2D eigenvalue weighted by atomic mass is 9.84. The van der Waals surface area contributed by atoms with Crippen molar-refractivity contribution in [1.29, 1.82) is 0 Å². The SMILES string of the molecule is COC(=O)[C@]1(c2ccccc2)O[C@@H](c2ccc(OC)cc2OC)O[C@@H]1c1ccc([N+](=O)[O-])cc1. The maximum Gasteiger partial charge on any atom is 0.346 e. The summed E-state index contributed by atoms with van der Waals surface area (Å²) in [5.41, 5.74) is -0.201. The van der Waals surface area contributed by atoms with Crippen LogP contribution in [0.4, 0.5) is 5.69 Å². The third-order valence-electron chi connectivity index (χ3n) is 5.71. The fourth-order valence-corrected chi connectivity index (χ4v) is 4.04. The van der Waals surface area contributed by atoms with Gasteiger partial charge in [-0.1, -0.05) is 30.3 Å². The molecule has 9 nitrogen and oxygen atoms in total. The number of esters is 1. The molecule has 1 heterocycles. The Morgan fingerprint density at radius 1 is 0.971 bits per heavy atom. The van der Waals surface area contributed by atoms with Crippen LogP contribution in [0.1, 0.15) is 29.1 Å². The zero-order valence-electron chi connectivity index (χ0n) is 18.8. The van der Waals surface area contributed by atoms with Crippen LogP contribution in [0.3, 0.4) is 0 Å². The standard InChI is InChI=1S/C25H23NO8/c1-30-19-13-14-20(21(15-19)31-2)23-33-22(16-9-11-18(12-10-16)26(28)29)25(34-23,24(27)32-3)17-7-5-4-6-8-17/h4-15,22-23H,1-3H3/t22-,23+,25-/m1/s1. The lowest BCUT2D eigenvalue weighted by Gasteiger charge is -2.30. The van der Waals surface area contributed by atoms with Crippen molar-refractivity contribution in [3.63, 3.8) is 0 Å².